The SMILES string of the molecule is CC(C)(C)OC(=O)OCCOc1ccc([S+](c2ccccc2)c2ccccc2)cc1. The minimum absolute atomic E-state index is 0.134. The van der Waals surface area contributed by atoms with Gasteiger partial charge in [-0.3, -0.25) is 0 Å². The van der Waals surface area contributed by atoms with Gasteiger partial charge >= 0.3 is 6.16 Å². The summed E-state index contributed by atoms with van der Waals surface area (Å²) in [5.41, 5.74) is -0.567. The molecule has 3 rings (SSSR count). The molecule has 0 fully saturated rings. The van der Waals surface area contributed by atoms with Gasteiger partial charge in [0.2, 0.25) is 0 Å². The molecular formula is C25H27O4S+. The maximum Gasteiger partial charge on any atom is 0.508 e. The largest absolute Gasteiger partial charge is 0.508 e. The Bertz CT molecular complexity index is 879. The van der Waals surface area contributed by atoms with E-state index in [0.29, 0.717) is 0 Å². The van der Waals surface area contributed by atoms with Crippen LogP contribution in [0, 0.1) is 0 Å². The van der Waals surface area contributed by atoms with E-state index in [1.54, 1.807) is 20.8 Å². The number of ether oxygens (including phenoxy) is 3. The lowest BCUT2D eigenvalue weighted by Gasteiger charge is -2.18. The Morgan fingerprint density at radius 1 is 0.733 bits per heavy atom. The second-order valence-electron chi connectivity index (χ2n) is 7.57. The van der Waals surface area contributed by atoms with Crippen molar-refractivity contribution in [3.05, 3.63) is 84.9 Å². The molecule has 0 N–H and O–H groups in total. The van der Waals surface area contributed by atoms with E-state index in [4.69, 9.17) is 14.2 Å². The van der Waals surface area contributed by atoms with Gasteiger partial charge in [0.15, 0.2) is 14.7 Å². The van der Waals surface area contributed by atoms with Crippen LogP contribution in [-0.4, -0.2) is 25.0 Å². The number of benzene rings is 3. The minimum Gasteiger partial charge on any atom is -0.490 e. The summed E-state index contributed by atoms with van der Waals surface area (Å²) in [5, 5.41) is 0. The van der Waals surface area contributed by atoms with Crippen LogP contribution in [0.25, 0.3) is 0 Å². The summed E-state index contributed by atoms with van der Waals surface area (Å²) in [6.45, 7) is 5.79. The Hall–Kier alpha value is -2.92. The Morgan fingerprint density at radius 2 is 1.23 bits per heavy atom. The van der Waals surface area contributed by atoms with Crippen molar-refractivity contribution in [2.75, 3.05) is 13.2 Å². The molecule has 0 spiro atoms. The number of carbonyl (C=O) groups excluding carboxylic acids is 1. The van der Waals surface area contributed by atoms with Crippen LogP contribution < -0.4 is 4.74 Å². The quantitative estimate of drug-likeness (QED) is 0.261. The molecule has 156 valence electrons. The highest BCUT2D eigenvalue weighted by molar-refractivity contribution is 7.97. The molecule has 0 aliphatic heterocycles. The van der Waals surface area contributed by atoms with Gasteiger partial charge in [-0.05, 0) is 69.3 Å². The van der Waals surface area contributed by atoms with E-state index in [9.17, 15) is 4.79 Å². The van der Waals surface area contributed by atoms with Gasteiger partial charge in [0, 0.05) is 0 Å². The predicted octanol–water partition coefficient (Wildman–Crippen LogP) is 6.11. The molecule has 0 aromatic heterocycles. The number of rotatable bonds is 7. The van der Waals surface area contributed by atoms with Crippen LogP contribution in [-0.2, 0) is 20.4 Å². The van der Waals surface area contributed by atoms with Crippen molar-refractivity contribution < 1.29 is 19.0 Å². The van der Waals surface area contributed by atoms with E-state index in [0.717, 1.165) is 5.75 Å². The summed E-state index contributed by atoms with van der Waals surface area (Å²) in [5.74, 6) is 0.733. The predicted molar refractivity (Wildman–Crippen MR) is 119 cm³/mol. The smallest absolute Gasteiger partial charge is 0.490 e. The number of hydrogen-bond donors (Lipinski definition) is 0. The molecule has 0 radical (unpaired) electrons. The topological polar surface area (TPSA) is 44.8 Å². The molecular weight excluding hydrogens is 396 g/mol. The van der Waals surface area contributed by atoms with Crippen LogP contribution in [0.1, 0.15) is 20.8 Å². The second kappa shape index (κ2) is 10.2. The van der Waals surface area contributed by atoms with E-state index >= 15 is 0 Å². The minimum atomic E-state index is -0.684. The first-order valence-corrected chi connectivity index (χ1v) is 11.1. The zero-order chi connectivity index (χ0) is 21.4. The van der Waals surface area contributed by atoms with Gasteiger partial charge in [0.05, 0.1) is 10.9 Å². The van der Waals surface area contributed by atoms with Crippen LogP contribution in [0.4, 0.5) is 4.79 Å². The first-order valence-electron chi connectivity index (χ1n) is 9.85. The van der Waals surface area contributed by atoms with Crippen molar-refractivity contribution in [1.29, 1.82) is 0 Å². The molecule has 0 bridgehead atoms. The lowest BCUT2D eigenvalue weighted by Crippen LogP contribution is -2.25. The van der Waals surface area contributed by atoms with Crippen molar-refractivity contribution in [2.24, 2.45) is 0 Å². The first-order chi connectivity index (χ1) is 14.4. The summed E-state index contributed by atoms with van der Waals surface area (Å²) in [4.78, 5) is 15.3. The van der Waals surface area contributed by atoms with Crippen LogP contribution in [0.2, 0.25) is 0 Å². The summed E-state index contributed by atoms with van der Waals surface area (Å²) >= 11 is 0. The molecule has 0 amide bonds. The Balaban J connectivity index is 1.63. The normalized spacial score (nSPS) is 11.2. The van der Waals surface area contributed by atoms with Gasteiger partial charge in [-0.2, -0.15) is 0 Å². The first kappa shape index (κ1) is 21.8. The summed E-state index contributed by atoms with van der Waals surface area (Å²) in [6, 6.07) is 29.1. The zero-order valence-corrected chi connectivity index (χ0v) is 18.4. The van der Waals surface area contributed by atoms with Crippen LogP contribution in [0.15, 0.2) is 99.6 Å². The monoisotopic (exact) mass is 423 g/mol. The second-order valence-corrected chi connectivity index (χ2v) is 9.59. The Morgan fingerprint density at radius 3 is 1.73 bits per heavy atom. The van der Waals surface area contributed by atoms with Gasteiger partial charge < -0.3 is 14.2 Å². The molecule has 0 saturated heterocycles. The lowest BCUT2D eigenvalue weighted by molar-refractivity contribution is -0.0113. The van der Waals surface area contributed by atoms with Gasteiger partial charge in [-0.1, -0.05) is 36.4 Å². The number of carbonyl (C=O) groups is 1. The molecule has 0 unspecified atom stereocenters. The summed E-state index contributed by atoms with van der Waals surface area (Å²) in [6.07, 6.45) is -0.684. The van der Waals surface area contributed by atoms with Crippen LogP contribution in [0.5, 0.6) is 5.75 Å². The van der Waals surface area contributed by atoms with Crippen molar-refractivity contribution in [1.82, 2.24) is 0 Å². The molecule has 0 aliphatic rings. The highest BCUT2D eigenvalue weighted by Crippen LogP contribution is 2.31. The molecule has 3 aromatic rings. The summed E-state index contributed by atoms with van der Waals surface area (Å²) in [7, 11) is -0.188. The summed E-state index contributed by atoms with van der Waals surface area (Å²) < 4.78 is 15.8. The third-order valence-electron chi connectivity index (χ3n) is 3.98. The van der Waals surface area contributed by atoms with Crippen molar-refractivity contribution in [2.45, 2.75) is 41.1 Å². The van der Waals surface area contributed by atoms with Gasteiger partial charge in [-0.25, -0.2) is 4.79 Å². The Kier molecular flexibility index (Phi) is 7.41. The van der Waals surface area contributed by atoms with Crippen molar-refractivity contribution in [3.8, 4) is 5.75 Å². The van der Waals surface area contributed by atoms with Gasteiger partial charge in [0.1, 0.15) is 24.6 Å². The average Bonchev–Trinajstić information content (AvgIpc) is 2.73. The van der Waals surface area contributed by atoms with Crippen LogP contribution >= 0.6 is 0 Å². The van der Waals surface area contributed by atoms with Crippen molar-refractivity contribution in [3.63, 3.8) is 0 Å². The molecule has 0 atom stereocenters. The highest BCUT2D eigenvalue weighted by atomic mass is 32.2. The average molecular weight is 424 g/mol. The zero-order valence-electron chi connectivity index (χ0n) is 17.5. The van der Waals surface area contributed by atoms with Gasteiger partial charge in [-0.15, -0.1) is 0 Å². The standard InChI is InChI=1S/C25H27O4S/c1-25(2,3)29-24(26)28-19-18-27-20-14-16-23(17-15-20)30(21-10-6-4-7-11-21)22-12-8-5-9-13-22/h4-17H,18-19H2,1-3H3/q+1. The third-order valence-corrected chi connectivity index (χ3v) is 6.21. The van der Waals surface area contributed by atoms with Gasteiger partial charge in [0.25, 0.3) is 0 Å². The van der Waals surface area contributed by atoms with E-state index in [1.165, 1.54) is 14.7 Å². The molecule has 0 heterocycles. The van der Waals surface area contributed by atoms with E-state index in [1.807, 2.05) is 24.3 Å². The van der Waals surface area contributed by atoms with Crippen LogP contribution in [0.3, 0.4) is 0 Å². The third kappa shape index (κ3) is 6.56. The van der Waals surface area contributed by atoms with E-state index in [2.05, 4.69) is 60.7 Å². The maximum absolute atomic E-state index is 11.6. The van der Waals surface area contributed by atoms with E-state index in [-0.39, 0.29) is 24.1 Å². The fraction of sp³-hybridized carbons (Fsp3) is 0.240. The van der Waals surface area contributed by atoms with Crippen molar-refractivity contribution >= 4 is 17.1 Å². The molecule has 5 heteroatoms. The highest BCUT2D eigenvalue weighted by Gasteiger charge is 2.28. The fourth-order valence-corrected chi connectivity index (χ4v) is 4.84. The molecule has 4 nitrogen and oxygen atoms in total. The lowest BCUT2D eigenvalue weighted by atomic mass is 10.2. The maximum atomic E-state index is 11.6. The fourth-order valence-electron chi connectivity index (χ4n) is 2.76. The number of hydrogen-bond acceptors (Lipinski definition) is 4. The molecule has 3 aromatic carbocycles. The molecule has 0 saturated carbocycles. The van der Waals surface area contributed by atoms with E-state index < -0.39 is 11.8 Å². The molecule has 30 heavy (non-hydrogen) atoms. The Labute approximate surface area is 181 Å². The molecule has 0 aliphatic carbocycles.